The summed E-state index contributed by atoms with van der Waals surface area (Å²) in [7, 11) is 1.74. The molecule has 1 fully saturated rings. The first kappa shape index (κ1) is 23.3. The number of rotatable bonds is 5. The fourth-order valence-electron chi connectivity index (χ4n) is 3.15. The summed E-state index contributed by atoms with van der Waals surface area (Å²) in [5.41, 5.74) is 3.07. The Hall–Kier alpha value is -1.95. The molecule has 29 heavy (non-hydrogen) atoms. The van der Waals surface area contributed by atoms with Gasteiger partial charge in [0.1, 0.15) is 10.7 Å². The van der Waals surface area contributed by atoms with Crippen molar-refractivity contribution in [2.75, 3.05) is 51.2 Å². The van der Waals surface area contributed by atoms with Crippen LogP contribution in [-0.2, 0) is 0 Å². The molecule has 1 saturated heterocycles. The number of carbonyl (C=O) groups excluding carboxylic acids is 1. The average Bonchev–Trinajstić information content (AvgIpc) is 3.15. The van der Waals surface area contributed by atoms with Crippen molar-refractivity contribution < 1.29 is 9.18 Å². The summed E-state index contributed by atoms with van der Waals surface area (Å²) in [4.78, 5) is 25.4. The Morgan fingerprint density at radius 1 is 1.21 bits per heavy atom. The van der Waals surface area contributed by atoms with E-state index < -0.39 is 0 Å². The molecule has 158 valence electrons. The van der Waals surface area contributed by atoms with Gasteiger partial charge in [-0.1, -0.05) is 12.1 Å². The Kier molecular flexibility index (Phi) is 9.08. The van der Waals surface area contributed by atoms with E-state index in [9.17, 15) is 9.18 Å². The number of benzene rings is 1. The van der Waals surface area contributed by atoms with Gasteiger partial charge >= 0.3 is 0 Å². The lowest BCUT2D eigenvalue weighted by molar-refractivity contribution is 0.0957. The zero-order valence-corrected chi connectivity index (χ0v) is 19.7. The van der Waals surface area contributed by atoms with E-state index in [0.29, 0.717) is 23.7 Å². The van der Waals surface area contributed by atoms with Gasteiger partial charge in [0.2, 0.25) is 0 Å². The zero-order valence-electron chi connectivity index (χ0n) is 16.5. The Balaban J connectivity index is 0.00000300. The average molecular weight is 532 g/mol. The fraction of sp³-hybridized carbons (Fsp3) is 0.421. The van der Waals surface area contributed by atoms with Crippen molar-refractivity contribution in [2.24, 2.45) is 4.99 Å². The highest BCUT2D eigenvalue weighted by Crippen LogP contribution is 2.20. The molecular weight excluding hydrogens is 506 g/mol. The third-order valence-corrected chi connectivity index (χ3v) is 5.56. The third-order valence-electron chi connectivity index (χ3n) is 4.63. The van der Waals surface area contributed by atoms with Crippen LogP contribution in [0.1, 0.15) is 15.4 Å². The van der Waals surface area contributed by atoms with Crippen LogP contribution in [0.2, 0.25) is 0 Å². The minimum absolute atomic E-state index is 0. The van der Waals surface area contributed by atoms with Crippen molar-refractivity contribution in [1.82, 2.24) is 20.5 Å². The van der Waals surface area contributed by atoms with Crippen molar-refractivity contribution in [1.29, 1.82) is 0 Å². The summed E-state index contributed by atoms with van der Waals surface area (Å²) < 4.78 is 14.0. The van der Waals surface area contributed by atoms with Gasteiger partial charge in [0.05, 0.1) is 16.9 Å². The molecule has 7 nitrogen and oxygen atoms in total. The summed E-state index contributed by atoms with van der Waals surface area (Å²) in [6.07, 6.45) is 0. The number of hydrogen-bond donors (Lipinski definition) is 2. The van der Waals surface area contributed by atoms with Crippen LogP contribution >= 0.6 is 35.3 Å². The first-order chi connectivity index (χ1) is 13.6. The number of anilines is 1. The van der Waals surface area contributed by atoms with Crippen molar-refractivity contribution in [2.45, 2.75) is 6.92 Å². The lowest BCUT2D eigenvalue weighted by Crippen LogP contribution is -2.53. The normalized spacial score (nSPS) is 14.4. The summed E-state index contributed by atoms with van der Waals surface area (Å²) in [6.45, 7) is 5.84. The molecule has 3 rings (SSSR count). The molecule has 10 heteroatoms. The molecule has 2 aromatic rings. The summed E-state index contributed by atoms with van der Waals surface area (Å²) in [6, 6.07) is 6.86. The second-order valence-electron chi connectivity index (χ2n) is 6.42. The van der Waals surface area contributed by atoms with Gasteiger partial charge in [0.15, 0.2) is 5.96 Å². The number of aromatic nitrogens is 1. The van der Waals surface area contributed by atoms with Crippen molar-refractivity contribution in [3.8, 4) is 0 Å². The van der Waals surface area contributed by atoms with E-state index in [4.69, 9.17) is 0 Å². The van der Waals surface area contributed by atoms with Crippen LogP contribution in [0.3, 0.4) is 0 Å². The maximum Gasteiger partial charge on any atom is 0.263 e. The van der Waals surface area contributed by atoms with Gasteiger partial charge in [-0.25, -0.2) is 9.37 Å². The highest BCUT2D eigenvalue weighted by atomic mass is 127. The molecule has 2 heterocycles. The first-order valence-electron chi connectivity index (χ1n) is 9.23. The molecule has 1 aromatic carbocycles. The lowest BCUT2D eigenvalue weighted by atomic mass is 10.2. The lowest BCUT2D eigenvalue weighted by Gasteiger charge is -2.37. The Morgan fingerprint density at radius 3 is 2.52 bits per heavy atom. The van der Waals surface area contributed by atoms with Gasteiger partial charge in [-0.2, -0.15) is 0 Å². The second-order valence-corrected chi connectivity index (χ2v) is 7.28. The molecule has 0 bridgehead atoms. The van der Waals surface area contributed by atoms with Gasteiger partial charge in [-0.15, -0.1) is 35.3 Å². The van der Waals surface area contributed by atoms with Crippen LogP contribution in [0, 0.1) is 12.7 Å². The van der Waals surface area contributed by atoms with Crippen molar-refractivity contribution in [3.63, 3.8) is 0 Å². The Bertz CT molecular complexity index is 838. The molecule has 1 aliphatic rings. The summed E-state index contributed by atoms with van der Waals surface area (Å²) >= 11 is 1.34. The largest absolute Gasteiger partial charge is 0.366 e. The molecule has 0 saturated carbocycles. The topological polar surface area (TPSA) is 72.9 Å². The smallest absolute Gasteiger partial charge is 0.263 e. The standard InChI is InChI=1S/C19H25FN6OS.HI/c1-14-17(28-13-24-14)18(27)22-7-8-23-19(21-2)26-11-9-25(10-12-26)16-6-4-3-5-15(16)20;/h3-6,13H,7-12H2,1-2H3,(H,21,23)(H,22,27);1H. The van der Waals surface area contributed by atoms with E-state index in [1.165, 1.54) is 17.4 Å². The number of aryl methyl sites for hydroxylation is 1. The minimum Gasteiger partial charge on any atom is -0.366 e. The zero-order chi connectivity index (χ0) is 19.9. The molecule has 0 radical (unpaired) electrons. The molecule has 0 atom stereocenters. The van der Waals surface area contributed by atoms with Crippen LogP contribution in [0.25, 0.3) is 0 Å². The molecule has 0 unspecified atom stereocenters. The van der Waals surface area contributed by atoms with Crippen LogP contribution in [-0.4, -0.2) is 68.1 Å². The number of thiazole rings is 1. The van der Waals surface area contributed by atoms with E-state index in [1.807, 2.05) is 19.1 Å². The van der Waals surface area contributed by atoms with Crippen LogP contribution < -0.4 is 15.5 Å². The van der Waals surface area contributed by atoms with Gasteiger partial charge in [0.25, 0.3) is 5.91 Å². The number of para-hydroxylation sites is 1. The Labute approximate surface area is 191 Å². The highest BCUT2D eigenvalue weighted by molar-refractivity contribution is 14.0. The monoisotopic (exact) mass is 532 g/mol. The number of aliphatic imine (C=N–C) groups is 1. The van der Waals surface area contributed by atoms with Crippen molar-refractivity contribution in [3.05, 3.63) is 46.2 Å². The second kappa shape index (κ2) is 11.3. The van der Waals surface area contributed by atoms with Crippen molar-refractivity contribution >= 4 is 52.9 Å². The molecule has 1 aromatic heterocycles. The van der Waals surface area contributed by atoms with Gasteiger partial charge < -0.3 is 20.4 Å². The van der Waals surface area contributed by atoms with E-state index in [2.05, 4.69) is 30.4 Å². The van der Waals surface area contributed by atoms with Crippen LogP contribution in [0.5, 0.6) is 0 Å². The number of piperazine rings is 1. The minimum atomic E-state index is -0.189. The van der Waals surface area contributed by atoms with E-state index in [1.54, 1.807) is 18.6 Å². The molecular formula is C19H26FIN6OS. The molecule has 0 spiro atoms. The number of guanidine groups is 1. The van der Waals surface area contributed by atoms with E-state index in [0.717, 1.165) is 37.8 Å². The first-order valence-corrected chi connectivity index (χ1v) is 10.1. The SMILES string of the molecule is CN=C(NCCNC(=O)c1scnc1C)N1CCN(c2ccccc2F)CC1.I. The number of nitrogens with zero attached hydrogens (tertiary/aromatic N) is 4. The van der Waals surface area contributed by atoms with Crippen LogP contribution in [0.15, 0.2) is 34.8 Å². The number of halogens is 2. The summed E-state index contributed by atoms with van der Waals surface area (Å²) in [5.74, 6) is 0.497. The molecule has 0 aliphatic carbocycles. The molecule has 1 amide bonds. The highest BCUT2D eigenvalue weighted by Gasteiger charge is 2.21. The van der Waals surface area contributed by atoms with Crippen LogP contribution in [0.4, 0.5) is 10.1 Å². The molecule has 1 aliphatic heterocycles. The Morgan fingerprint density at radius 2 is 1.90 bits per heavy atom. The van der Waals surface area contributed by atoms with Gasteiger partial charge in [-0.3, -0.25) is 9.79 Å². The van der Waals surface area contributed by atoms with E-state index >= 15 is 0 Å². The maximum absolute atomic E-state index is 14.0. The third kappa shape index (κ3) is 6.01. The predicted molar refractivity (Wildman–Crippen MR) is 126 cm³/mol. The fourth-order valence-corrected chi connectivity index (χ4v) is 3.87. The predicted octanol–water partition coefficient (Wildman–Crippen LogP) is 2.34. The number of hydrogen-bond acceptors (Lipinski definition) is 5. The van der Waals surface area contributed by atoms with Gasteiger partial charge in [-0.05, 0) is 19.1 Å². The number of amides is 1. The quantitative estimate of drug-likeness (QED) is 0.268. The number of nitrogens with one attached hydrogen (secondary N) is 2. The summed E-state index contributed by atoms with van der Waals surface area (Å²) in [5, 5.41) is 6.17. The van der Waals surface area contributed by atoms with E-state index in [-0.39, 0.29) is 35.7 Å². The van der Waals surface area contributed by atoms with Gasteiger partial charge in [0, 0.05) is 46.3 Å². The number of carbonyl (C=O) groups is 1. The maximum atomic E-state index is 14.0. The molecule has 2 N–H and O–H groups in total.